The lowest BCUT2D eigenvalue weighted by Gasteiger charge is -2.36. The van der Waals surface area contributed by atoms with E-state index >= 15 is 0 Å². The summed E-state index contributed by atoms with van der Waals surface area (Å²) in [6.07, 6.45) is 1.67. The van der Waals surface area contributed by atoms with Crippen LogP contribution in [0.25, 0.3) is 11.6 Å². The second-order valence-corrected chi connectivity index (χ2v) is 9.43. The first-order valence-electron chi connectivity index (χ1n) is 12.2. The van der Waals surface area contributed by atoms with Crippen molar-refractivity contribution in [1.82, 2.24) is 19.7 Å². The lowest BCUT2D eigenvalue weighted by Crippen LogP contribution is -2.53. The number of rotatable bonds is 4. The topological polar surface area (TPSA) is 98.0 Å². The average molecular weight is 496 g/mol. The molecule has 4 heterocycles. The SMILES string of the molecule is Cc1[nH]c(/C=C2\C(=O)Nc3ccc(F)cc32)c(C)c1C(=O)N1CCN(C(=O)CN2CCOCC2)CC1. The van der Waals surface area contributed by atoms with Gasteiger partial charge in [-0.15, -0.1) is 0 Å². The number of nitrogens with zero attached hydrogens (tertiary/aromatic N) is 3. The van der Waals surface area contributed by atoms with E-state index in [2.05, 4.69) is 15.2 Å². The number of benzene rings is 1. The summed E-state index contributed by atoms with van der Waals surface area (Å²) >= 11 is 0. The summed E-state index contributed by atoms with van der Waals surface area (Å²) in [7, 11) is 0. The number of anilines is 1. The molecule has 2 fully saturated rings. The maximum Gasteiger partial charge on any atom is 0.256 e. The Morgan fingerprint density at radius 3 is 2.47 bits per heavy atom. The zero-order valence-corrected chi connectivity index (χ0v) is 20.5. The van der Waals surface area contributed by atoms with E-state index in [1.54, 1.807) is 11.0 Å². The number of carbonyl (C=O) groups excluding carboxylic acids is 3. The van der Waals surface area contributed by atoms with Crippen LogP contribution in [0, 0.1) is 19.7 Å². The second-order valence-electron chi connectivity index (χ2n) is 9.43. The zero-order chi connectivity index (χ0) is 25.4. The number of morpholine rings is 1. The van der Waals surface area contributed by atoms with Crippen LogP contribution in [-0.4, -0.2) is 96.4 Å². The molecule has 0 bridgehead atoms. The first-order chi connectivity index (χ1) is 17.3. The summed E-state index contributed by atoms with van der Waals surface area (Å²) in [5, 5.41) is 2.74. The Labute approximate surface area is 208 Å². The van der Waals surface area contributed by atoms with Crippen molar-refractivity contribution in [2.45, 2.75) is 13.8 Å². The summed E-state index contributed by atoms with van der Waals surface area (Å²) in [5.41, 5.74) is 4.04. The van der Waals surface area contributed by atoms with Gasteiger partial charge in [0.25, 0.3) is 11.8 Å². The van der Waals surface area contributed by atoms with Gasteiger partial charge in [0.2, 0.25) is 5.91 Å². The first kappa shape index (κ1) is 24.2. The molecular formula is C26H30FN5O4. The molecule has 3 aliphatic rings. The fourth-order valence-corrected chi connectivity index (χ4v) is 5.05. The van der Waals surface area contributed by atoms with Gasteiger partial charge in [-0.25, -0.2) is 4.39 Å². The van der Waals surface area contributed by atoms with Crippen molar-refractivity contribution in [2.75, 3.05) is 64.3 Å². The highest BCUT2D eigenvalue weighted by atomic mass is 19.1. The number of hydrogen-bond donors (Lipinski definition) is 2. The lowest BCUT2D eigenvalue weighted by atomic mass is 10.0. The molecule has 0 saturated carbocycles. The van der Waals surface area contributed by atoms with E-state index in [0.717, 1.165) is 18.7 Å². The van der Waals surface area contributed by atoms with E-state index in [9.17, 15) is 18.8 Å². The number of carbonyl (C=O) groups is 3. The van der Waals surface area contributed by atoms with Crippen LogP contribution in [0.4, 0.5) is 10.1 Å². The van der Waals surface area contributed by atoms with Crippen LogP contribution in [0.5, 0.6) is 0 Å². The molecule has 190 valence electrons. The van der Waals surface area contributed by atoms with Crippen LogP contribution >= 0.6 is 0 Å². The van der Waals surface area contributed by atoms with Crippen LogP contribution in [0.2, 0.25) is 0 Å². The number of hydrogen-bond acceptors (Lipinski definition) is 5. The van der Waals surface area contributed by atoms with Gasteiger partial charge in [-0.1, -0.05) is 0 Å². The van der Waals surface area contributed by atoms with Crippen LogP contribution in [0.1, 0.15) is 32.9 Å². The molecule has 0 spiro atoms. The summed E-state index contributed by atoms with van der Waals surface area (Å²) < 4.78 is 19.1. The molecule has 3 aliphatic heterocycles. The number of amides is 3. The van der Waals surface area contributed by atoms with Crippen molar-refractivity contribution in [3.8, 4) is 0 Å². The number of ether oxygens (including phenoxy) is 1. The Balaban J connectivity index is 1.28. The van der Waals surface area contributed by atoms with E-state index < -0.39 is 5.82 Å². The number of nitrogens with one attached hydrogen (secondary N) is 2. The molecule has 36 heavy (non-hydrogen) atoms. The minimum atomic E-state index is -0.422. The highest BCUT2D eigenvalue weighted by molar-refractivity contribution is 6.34. The largest absolute Gasteiger partial charge is 0.379 e. The number of halogens is 1. The minimum absolute atomic E-state index is 0.0819. The van der Waals surface area contributed by atoms with Crippen LogP contribution in [0.3, 0.4) is 0 Å². The molecule has 1 aromatic heterocycles. The Morgan fingerprint density at radius 2 is 1.75 bits per heavy atom. The average Bonchev–Trinajstić information content (AvgIpc) is 3.33. The minimum Gasteiger partial charge on any atom is -0.379 e. The summed E-state index contributed by atoms with van der Waals surface area (Å²) in [5.74, 6) is -0.756. The molecule has 1 aromatic carbocycles. The Bertz CT molecular complexity index is 1240. The number of aryl methyl sites for hydroxylation is 1. The maximum absolute atomic E-state index is 13.8. The van der Waals surface area contributed by atoms with Gasteiger partial charge in [-0.05, 0) is 43.7 Å². The maximum atomic E-state index is 13.8. The number of piperazine rings is 1. The van der Waals surface area contributed by atoms with E-state index in [-0.39, 0.29) is 17.7 Å². The van der Waals surface area contributed by atoms with Gasteiger partial charge < -0.3 is 24.8 Å². The van der Waals surface area contributed by atoms with E-state index in [1.165, 1.54) is 18.2 Å². The standard InChI is InChI=1S/C26H30FN5O4/c1-16-22(14-20-19-13-18(27)3-4-21(19)29-25(20)34)28-17(2)24(16)26(35)32-7-5-31(6-8-32)23(33)15-30-9-11-36-12-10-30/h3-4,13-14,28H,5-12,15H2,1-2H3,(H,29,34)/b20-14-. The Kier molecular flexibility index (Phi) is 6.63. The molecule has 2 N–H and O–H groups in total. The summed E-state index contributed by atoms with van der Waals surface area (Å²) in [6.45, 7) is 8.78. The van der Waals surface area contributed by atoms with Crippen molar-refractivity contribution in [3.05, 3.63) is 52.1 Å². The number of aromatic amines is 1. The fourth-order valence-electron chi connectivity index (χ4n) is 5.05. The van der Waals surface area contributed by atoms with Gasteiger partial charge in [0.05, 0.1) is 30.9 Å². The number of fused-ring (bicyclic) bond motifs is 1. The molecule has 3 amide bonds. The number of aromatic nitrogens is 1. The molecule has 0 atom stereocenters. The van der Waals surface area contributed by atoms with Gasteiger partial charge in [-0.2, -0.15) is 0 Å². The number of H-pyrrole nitrogens is 1. The predicted molar refractivity (Wildman–Crippen MR) is 133 cm³/mol. The van der Waals surface area contributed by atoms with E-state index in [0.29, 0.717) is 79.7 Å². The molecule has 2 aromatic rings. The lowest BCUT2D eigenvalue weighted by molar-refractivity contribution is -0.134. The summed E-state index contributed by atoms with van der Waals surface area (Å²) in [4.78, 5) is 47.5. The monoisotopic (exact) mass is 495 g/mol. The third-order valence-electron chi connectivity index (χ3n) is 7.13. The molecule has 0 aliphatic carbocycles. The zero-order valence-electron chi connectivity index (χ0n) is 20.5. The second kappa shape index (κ2) is 9.87. The predicted octanol–water partition coefficient (Wildman–Crippen LogP) is 1.88. The molecule has 0 radical (unpaired) electrons. The third kappa shape index (κ3) is 4.66. The normalized spacial score (nSPS) is 19.5. The molecule has 5 rings (SSSR count). The van der Waals surface area contributed by atoms with Gasteiger partial charge in [0.1, 0.15) is 5.82 Å². The van der Waals surface area contributed by atoms with E-state index in [4.69, 9.17) is 4.74 Å². The van der Waals surface area contributed by atoms with Crippen molar-refractivity contribution in [1.29, 1.82) is 0 Å². The highest BCUT2D eigenvalue weighted by Crippen LogP contribution is 2.34. The van der Waals surface area contributed by atoms with Gasteiger partial charge in [0, 0.05) is 61.9 Å². The van der Waals surface area contributed by atoms with Crippen molar-refractivity contribution < 1.29 is 23.5 Å². The van der Waals surface area contributed by atoms with Crippen molar-refractivity contribution in [2.24, 2.45) is 0 Å². The quantitative estimate of drug-likeness (QED) is 0.632. The van der Waals surface area contributed by atoms with Crippen molar-refractivity contribution in [3.63, 3.8) is 0 Å². The fraction of sp³-hybridized carbons (Fsp3) is 0.423. The van der Waals surface area contributed by atoms with Crippen LogP contribution < -0.4 is 5.32 Å². The van der Waals surface area contributed by atoms with Gasteiger partial charge in [-0.3, -0.25) is 19.3 Å². The first-order valence-corrected chi connectivity index (χ1v) is 12.2. The molecule has 9 nitrogen and oxygen atoms in total. The third-order valence-corrected chi connectivity index (χ3v) is 7.13. The molecular weight excluding hydrogens is 465 g/mol. The van der Waals surface area contributed by atoms with Crippen LogP contribution in [-0.2, 0) is 14.3 Å². The van der Waals surface area contributed by atoms with Gasteiger partial charge >= 0.3 is 0 Å². The van der Waals surface area contributed by atoms with E-state index in [1.807, 2.05) is 18.7 Å². The Hall–Kier alpha value is -3.50. The highest BCUT2D eigenvalue weighted by Gasteiger charge is 2.30. The Morgan fingerprint density at radius 1 is 1.06 bits per heavy atom. The van der Waals surface area contributed by atoms with Crippen LogP contribution in [0.15, 0.2) is 18.2 Å². The summed E-state index contributed by atoms with van der Waals surface area (Å²) in [6, 6.07) is 4.17. The molecule has 0 unspecified atom stereocenters. The molecule has 10 heteroatoms. The smallest absolute Gasteiger partial charge is 0.256 e. The molecule has 2 saturated heterocycles. The van der Waals surface area contributed by atoms with Gasteiger partial charge in [0.15, 0.2) is 0 Å². The van der Waals surface area contributed by atoms with Crippen molar-refractivity contribution >= 4 is 35.1 Å².